The van der Waals surface area contributed by atoms with Crippen molar-refractivity contribution in [2.24, 2.45) is 5.92 Å². The molecule has 90 valence electrons. The Balaban J connectivity index is 3.06. The number of hydrogen-bond donors (Lipinski definition) is 1. The van der Waals surface area contributed by atoms with E-state index in [9.17, 15) is 18.0 Å². The Morgan fingerprint density at radius 2 is 2.06 bits per heavy atom. The monoisotopic (exact) mass is 272 g/mol. The van der Waals surface area contributed by atoms with Crippen LogP contribution >= 0.6 is 22.9 Å². The summed E-state index contributed by atoms with van der Waals surface area (Å²) in [5, 5.41) is 8.83. The van der Waals surface area contributed by atoms with Gasteiger partial charge in [0, 0.05) is 4.88 Å². The Kier molecular flexibility index (Phi) is 3.85. The molecule has 0 bridgehead atoms. The van der Waals surface area contributed by atoms with Gasteiger partial charge in [-0.3, -0.25) is 4.79 Å². The van der Waals surface area contributed by atoms with E-state index >= 15 is 0 Å². The standard InChI is InChI=1S/C9H8ClF3O2S/c1-4(9(11,12)13)7(8(14)15)5-2-3-6(10)16-5/h2-4,7H,1H3,(H,14,15)/t4-,7?/m1/s1. The maximum absolute atomic E-state index is 12.5. The molecule has 7 heteroatoms. The summed E-state index contributed by atoms with van der Waals surface area (Å²) in [6, 6.07) is 2.70. The number of carbonyl (C=O) groups is 1. The van der Waals surface area contributed by atoms with Gasteiger partial charge in [-0.1, -0.05) is 18.5 Å². The number of thiophene rings is 1. The van der Waals surface area contributed by atoms with Crippen molar-refractivity contribution in [3.63, 3.8) is 0 Å². The second kappa shape index (κ2) is 4.63. The minimum atomic E-state index is -4.54. The summed E-state index contributed by atoms with van der Waals surface area (Å²) in [4.78, 5) is 11.0. The summed E-state index contributed by atoms with van der Waals surface area (Å²) in [6.07, 6.45) is -4.54. The molecule has 1 heterocycles. The zero-order chi connectivity index (χ0) is 12.5. The van der Waals surface area contributed by atoms with Gasteiger partial charge in [-0.05, 0) is 12.1 Å². The third-order valence-corrected chi connectivity index (χ3v) is 3.50. The predicted molar refractivity (Wildman–Crippen MR) is 54.9 cm³/mol. The molecule has 1 unspecified atom stereocenters. The van der Waals surface area contributed by atoms with Crippen molar-refractivity contribution in [2.45, 2.75) is 19.0 Å². The first kappa shape index (κ1) is 13.3. The first-order valence-electron chi connectivity index (χ1n) is 4.28. The van der Waals surface area contributed by atoms with Gasteiger partial charge in [-0.15, -0.1) is 11.3 Å². The molecule has 1 N–H and O–H groups in total. The zero-order valence-corrected chi connectivity index (χ0v) is 9.66. The molecule has 0 saturated heterocycles. The van der Waals surface area contributed by atoms with Crippen LogP contribution in [0.1, 0.15) is 17.7 Å². The summed E-state index contributed by atoms with van der Waals surface area (Å²) in [5.74, 6) is -5.04. The number of aliphatic carboxylic acids is 1. The second-order valence-electron chi connectivity index (χ2n) is 3.29. The summed E-state index contributed by atoms with van der Waals surface area (Å²) >= 11 is 6.43. The smallest absolute Gasteiger partial charge is 0.392 e. The van der Waals surface area contributed by atoms with E-state index in [1.165, 1.54) is 12.1 Å². The molecule has 0 spiro atoms. The Morgan fingerprint density at radius 1 is 1.50 bits per heavy atom. The quantitative estimate of drug-likeness (QED) is 0.909. The maximum Gasteiger partial charge on any atom is 0.392 e. The summed E-state index contributed by atoms with van der Waals surface area (Å²) in [7, 11) is 0. The fraction of sp³-hybridized carbons (Fsp3) is 0.444. The summed E-state index contributed by atoms with van der Waals surface area (Å²) in [5.41, 5.74) is 0. The van der Waals surface area contributed by atoms with Crippen LogP contribution in [0.2, 0.25) is 4.34 Å². The molecule has 0 fully saturated rings. The molecule has 2 atom stereocenters. The molecule has 16 heavy (non-hydrogen) atoms. The largest absolute Gasteiger partial charge is 0.481 e. The Morgan fingerprint density at radius 3 is 2.38 bits per heavy atom. The minimum absolute atomic E-state index is 0.113. The molecule has 0 aliphatic carbocycles. The van der Waals surface area contributed by atoms with Gasteiger partial charge in [0.2, 0.25) is 0 Å². The van der Waals surface area contributed by atoms with Crippen LogP contribution in [-0.4, -0.2) is 17.3 Å². The van der Waals surface area contributed by atoms with Gasteiger partial charge < -0.3 is 5.11 Å². The van der Waals surface area contributed by atoms with Crippen LogP contribution in [0.3, 0.4) is 0 Å². The number of alkyl halides is 3. The number of hydrogen-bond acceptors (Lipinski definition) is 2. The highest BCUT2D eigenvalue weighted by atomic mass is 35.5. The van der Waals surface area contributed by atoms with Crippen LogP contribution in [0.15, 0.2) is 12.1 Å². The number of halogens is 4. The van der Waals surface area contributed by atoms with Crippen molar-refractivity contribution in [3.8, 4) is 0 Å². The van der Waals surface area contributed by atoms with Gasteiger partial charge in [-0.25, -0.2) is 0 Å². The van der Waals surface area contributed by atoms with Crippen molar-refractivity contribution in [2.75, 3.05) is 0 Å². The lowest BCUT2D eigenvalue weighted by Crippen LogP contribution is -2.30. The topological polar surface area (TPSA) is 37.3 Å². The lowest BCUT2D eigenvalue weighted by molar-refractivity contribution is -0.183. The van der Waals surface area contributed by atoms with Crippen LogP contribution in [0, 0.1) is 5.92 Å². The minimum Gasteiger partial charge on any atom is -0.481 e. The van der Waals surface area contributed by atoms with E-state index in [1.807, 2.05) is 0 Å². The van der Waals surface area contributed by atoms with Crippen LogP contribution < -0.4 is 0 Å². The van der Waals surface area contributed by atoms with Gasteiger partial charge in [0.1, 0.15) is 5.92 Å². The Hall–Kier alpha value is -0.750. The fourth-order valence-electron chi connectivity index (χ4n) is 1.27. The van der Waals surface area contributed by atoms with Crippen molar-refractivity contribution in [1.82, 2.24) is 0 Å². The molecule has 0 aliphatic rings. The Bertz CT molecular complexity index is 388. The van der Waals surface area contributed by atoms with E-state index < -0.39 is 24.0 Å². The van der Waals surface area contributed by atoms with Gasteiger partial charge in [0.15, 0.2) is 0 Å². The highest BCUT2D eigenvalue weighted by Gasteiger charge is 2.45. The first-order chi connectivity index (χ1) is 7.23. The van der Waals surface area contributed by atoms with E-state index in [0.717, 1.165) is 18.3 Å². The van der Waals surface area contributed by atoms with Crippen molar-refractivity contribution >= 4 is 28.9 Å². The maximum atomic E-state index is 12.5. The molecule has 0 radical (unpaired) electrons. The molecule has 0 amide bonds. The lowest BCUT2D eigenvalue weighted by Gasteiger charge is -2.21. The van der Waals surface area contributed by atoms with Crippen molar-refractivity contribution in [1.29, 1.82) is 0 Å². The second-order valence-corrected chi connectivity index (χ2v) is 5.03. The highest BCUT2D eigenvalue weighted by Crippen LogP contribution is 2.40. The van der Waals surface area contributed by atoms with E-state index in [4.69, 9.17) is 16.7 Å². The number of carboxylic acid groups (broad SMARTS) is 1. The van der Waals surface area contributed by atoms with Crippen molar-refractivity contribution in [3.05, 3.63) is 21.3 Å². The van der Waals surface area contributed by atoms with E-state index in [0.29, 0.717) is 0 Å². The molecular formula is C9H8ClF3O2S. The summed E-state index contributed by atoms with van der Waals surface area (Å²) in [6.45, 7) is 0.854. The molecule has 0 saturated carbocycles. The fourth-order valence-corrected chi connectivity index (χ4v) is 2.53. The van der Waals surface area contributed by atoms with E-state index in [1.54, 1.807) is 0 Å². The van der Waals surface area contributed by atoms with E-state index in [-0.39, 0.29) is 9.21 Å². The third kappa shape index (κ3) is 2.89. The van der Waals surface area contributed by atoms with Gasteiger partial charge in [0.25, 0.3) is 0 Å². The number of rotatable bonds is 3. The van der Waals surface area contributed by atoms with Crippen LogP contribution in [0.5, 0.6) is 0 Å². The SMILES string of the molecule is C[C@H](C(C(=O)O)c1ccc(Cl)s1)C(F)(F)F. The van der Waals surface area contributed by atoms with Gasteiger partial charge >= 0.3 is 12.1 Å². The predicted octanol–water partition coefficient (Wildman–Crippen LogP) is 3.77. The molecule has 0 aromatic carbocycles. The molecule has 1 aromatic rings. The molecule has 1 aromatic heterocycles. The Labute approximate surface area is 98.7 Å². The van der Waals surface area contributed by atoms with E-state index in [2.05, 4.69) is 0 Å². The normalized spacial score (nSPS) is 15.8. The highest BCUT2D eigenvalue weighted by molar-refractivity contribution is 7.16. The first-order valence-corrected chi connectivity index (χ1v) is 5.47. The molecule has 2 nitrogen and oxygen atoms in total. The molecule has 1 rings (SSSR count). The zero-order valence-electron chi connectivity index (χ0n) is 8.08. The van der Waals surface area contributed by atoms with Crippen LogP contribution in [0.25, 0.3) is 0 Å². The van der Waals surface area contributed by atoms with Gasteiger partial charge in [0.05, 0.1) is 10.3 Å². The summed E-state index contributed by atoms with van der Waals surface area (Å²) < 4.78 is 37.7. The average molecular weight is 273 g/mol. The average Bonchev–Trinajstić information content (AvgIpc) is 2.49. The molecule has 0 aliphatic heterocycles. The number of carboxylic acids is 1. The lowest BCUT2D eigenvalue weighted by atomic mass is 9.92. The van der Waals surface area contributed by atoms with Crippen molar-refractivity contribution < 1.29 is 23.1 Å². The van der Waals surface area contributed by atoms with Gasteiger partial charge in [-0.2, -0.15) is 13.2 Å². The molecular weight excluding hydrogens is 265 g/mol. The third-order valence-electron chi connectivity index (χ3n) is 2.18. The van der Waals surface area contributed by atoms with Crippen LogP contribution in [-0.2, 0) is 4.79 Å². The van der Waals surface area contributed by atoms with Crippen LogP contribution in [0.4, 0.5) is 13.2 Å².